The standard InChI is InChI=1S/C24H33NO2/c1-8-20(22(26)25-18-12-10-9-11-13-18)27-21-15-14-17(23(2,3)4)16-19(21)24(5,6)7/h9-16,20H,8H2,1-7H3,(H,25,26). The van der Waals surface area contributed by atoms with Crippen molar-refractivity contribution in [1.29, 1.82) is 0 Å². The van der Waals surface area contributed by atoms with Crippen LogP contribution in [0.15, 0.2) is 48.5 Å². The van der Waals surface area contributed by atoms with Gasteiger partial charge in [0.2, 0.25) is 0 Å². The van der Waals surface area contributed by atoms with Gasteiger partial charge in [-0.1, -0.05) is 78.8 Å². The van der Waals surface area contributed by atoms with E-state index in [-0.39, 0.29) is 16.7 Å². The van der Waals surface area contributed by atoms with Crippen molar-refractivity contribution >= 4 is 11.6 Å². The summed E-state index contributed by atoms with van der Waals surface area (Å²) in [7, 11) is 0. The highest BCUT2D eigenvalue weighted by Crippen LogP contribution is 2.36. The number of carbonyl (C=O) groups excluding carboxylic acids is 1. The Morgan fingerprint density at radius 1 is 0.963 bits per heavy atom. The third-order valence-corrected chi connectivity index (χ3v) is 4.63. The SMILES string of the molecule is CCC(Oc1ccc(C(C)(C)C)cc1C(C)(C)C)C(=O)Nc1ccccc1. The molecule has 2 aromatic rings. The van der Waals surface area contributed by atoms with Crippen LogP contribution in [0.1, 0.15) is 66.0 Å². The van der Waals surface area contributed by atoms with E-state index in [1.807, 2.05) is 43.3 Å². The lowest BCUT2D eigenvalue weighted by Gasteiger charge is -2.28. The summed E-state index contributed by atoms with van der Waals surface area (Å²) in [5, 5.41) is 2.94. The molecule has 0 saturated heterocycles. The predicted molar refractivity (Wildman–Crippen MR) is 114 cm³/mol. The summed E-state index contributed by atoms with van der Waals surface area (Å²) in [6.45, 7) is 15.1. The molecule has 1 atom stereocenters. The van der Waals surface area contributed by atoms with E-state index < -0.39 is 6.10 Å². The van der Waals surface area contributed by atoms with E-state index in [0.717, 1.165) is 17.0 Å². The molecule has 146 valence electrons. The number of nitrogens with one attached hydrogen (secondary N) is 1. The average molecular weight is 368 g/mol. The number of carbonyl (C=O) groups is 1. The van der Waals surface area contributed by atoms with Crippen LogP contribution < -0.4 is 10.1 Å². The Kier molecular flexibility index (Phi) is 6.35. The summed E-state index contributed by atoms with van der Waals surface area (Å²) in [5.74, 6) is 0.661. The van der Waals surface area contributed by atoms with Crippen molar-refractivity contribution in [3.63, 3.8) is 0 Å². The summed E-state index contributed by atoms with van der Waals surface area (Å²) in [5.41, 5.74) is 3.16. The van der Waals surface area contributed by atoms with Gasteiger partial charge in [-0.2, -0.15) is 0 Å². The van der Waals surface area contributed by atoms with Crippen LogP contribution in [0.4, 0.5) is 5.69 Å². The highest BCUT2D eigenvalue weighted by atomic mass is 16.5. The van der Waals surface area contributed by atoms with Crippen molar-refractivity contribution in [3.05, 3.63) is 59.7 Å². The van der Waals surface area contributed by atoms with Crippen molar-refractivity contribution < 1.29 is 9.53 Å². The van der Waals surface area contributed by atoms with Gasteiger partial charge in [-0.15, -0.1) is 0 Å². The van der Waals surface area contributed by atoms with E-state index in [2.05, 4.69) is 59.0 Å². The molecule has 1 unspecified atom stereocenters. The lowest BCUT2D eigenvalue weighted by atomic mass is 9.80. The van der Waals surface area contributed by atoms with Gasteiger partial charge in [0.1, 0.15) is 5.75 Å². The van der Waals surface area contributed by atoms with Crippen LogP contribution in [0.3, 0.4) is 0 Å². The van der Waals surface area contributed by atoms with Crippen LogP contribution in [-0.2, 0) is 15.6 Å². The molecule has 1 N–H and O–H groups in total. The second kappa shape index (κ2) is 8.16. The maximum Gasteiger partial charge on any atom is 0.265 e. The Morgan fingerprint density at radius 3 is 2.11 bits per heavy atom. The van der Waals surface area contributed by atoms with Gasteiger partial charge >= 0.3 is 0 Å². The fourth-order valence-corrected chi connectivity index (χ4v) is 2.91. The van der Waals surface area contributed by atoms with E-state index in [1.165, 1.54) is 5.56 Å². The van der Waals surface area contributed by atoms with Crippen molar-refractivity contribution in [2.45, 2.75) is 71.8 Å². The summed E-state index contributed by atoms with van der Waals surface area (Å²) in [6, 6.07) is 15.8. The molecule has 0 aliphatic carbocycles. The molecule has 3 heteroatoms. The molecule has 27 heavy (non-hydrogen) atoms. The van der Waals surface area contributed by atoms with Crippen molar-refractivity contribution in [2.75, 3.05) is 5.32 Å². The number of hydrogen-bond donors (Lipinski definition) is 1. The third-order valence-electron chi connectivity index (χ3n) is 4.63. The van der Waals surface area contributed by atoms with Crippen LogP contribution in [0.25, 0.3) is 0 Å². The van der Waals surface area contributed by atoms with E-state index in [9.17, 15) is 4.79 Å². The highest BCUT2D eigenvalue weighted by molar-refractivity contribution is 5.94. The van der Waals surface area contributed by atoms with Crippen LogP contribution in [0.2, 0.25) is 0 Å². The molecule has 0 radical (unpaired) electrons. The Morgan fingerprint density at radius 2 is 1.59 bits per heavy atom. The molecule has 0 bridgehead atoms. The van der Waals surface area contributed by atoms with E-state index >= 15 is 0 Å². The normalized spacial score (nSPS) is 13.1. The molecule has 2 aromatic carbocycles. The van der Waals surface area contributed by atoms with Gasteiger partial charge in [-0.25, -0.2) is 0 Å². The van der Waals surface area contributed by atoms with Gasteiger partial charge in [0.15, 0.2) is 6.10 Å². The Balaban J connectivity index is 2.29. The molecular formula is C24H33NO2. The van der Waals surface area contributed by atoms with Gasteiger partial charge in [-0.3, -0.25) is 4.79 Å². The first kappa shape index (κ1) is 21.0. The number of anilines is 1. The molecule has 3 nitrogen and oxygen atoms in total. The maximum atomic E-state index is 12.7. The van der Waals surface area contributed by atoms with Crippen LogP contribution >= 0.6 is 0 Å². The monoisotopic (exact) mass is 367 g/mol. The van der Waals surface area contributed by atoms with Gasteiger partial charge in [0.05, 0.1) is 0 Å². The number of benzene rings is 2. The topological polar surface area (TPSA) is 38.3 Å². The average Bonchev–Trinajstić information content (AvgIpc) is 2.58. The quantitative estimate of drug-likeness (QED) is 0.695. The van der Waals surface area contributed by atoms with E-state index in [0.29, 0.717) is 6.42 Å². The summed E-state index contributed by atoms with van der Waals surface area (Å²) in [4.78, 5) is 12.7. The Hall–Kier alpha value is -2.29. The van der Waals surface area contributed by atoms with Gasteiger partial charge < -0.3 is 10.1 Å². The zero-order chi connectivity index (χ0) is 20.2. The van der Waals surface area contributed by atoms with E-state index in [1.54, 1.807) is 0 Å². The minimum atomic E-state index is -0.535. The number of rotatable bonds is 5. The fraction of sp³-hybridized carbons (Fsp3) is 0.458. The van der Waals surface area contributed by atoms with Crippen LogP contribution in [-0.4, -0.2) is 12.0 Å². The van der Waals surface area contributed by atoms with Gasteiger partial charge in [0.25, 0.3) is 5.91 Å². The molecule has 0 spiro atoms. The molecule has 0 aliphatic heterocycles. The second-order valence-corrected chi connectivity index (χ2v) is 9.08. The number of amides is 1. The Bertz CT molecular complexity index is 767. The van der Waals surface area contributed by atoms with Crippen LogP contribution in [0, 0.1) is 0 Å². The predicted octanol–water partition coefficient (Wildman–Crippen LogP) is 6.08. The summed E-state index contributed by atoms with van der Waals surface area (Å²) >= 11 is 0. The number of hydrogen-bond acceptors (Lipinski definition) is 2. The van der Waals surface area contributed by atoms with Crippen molar-refractivity contribution in [1.82, 2.24) is 0 Å². The highest BCUT2D eigenvalue weighted by Gasteiger charge is 2.26. The number of ether oxygens (including phenoxy) is 1. The first-order valence-corrected chi connectivity index (χ1v) is 9.70. The molecular weight excluding hydrogens is 334 g/mol. The van der Waals surface area contributed by atoms with Gasteiger partial charge in [-0.05, 0) is 46.6 Å². The molecule has 0 aliphatic rings. The molecule has 0 fully saturated rings. The molecule has 0 aromatic heterocycles. The molecule has 0 heterocycles. The first-order valence-electron chi connectivity index (χ1n) is 9.70. The molecule has 1 amide bonds. The molecule has 0 saturated carbocycles. The zero-order valence-corrected chi connectivity index (χ0v) is 17.7. The van der Waals surface area contributed by atoms with Crippen LogP contribution in [0.5, 0.6) is 5.75 Å². The van der Waals surface area contributed by atoms with Crippen molar-refractivity contribution in [2.24, 2.45) is 0 Å². The largest absolute Gasteiger partial charge is 0.480 e. The third kappa shape index (κ3) is 5.59. The zero-order valence-electron chi connectivity index (χ0n) is 17.7. The van der Waals surface area contributed by atoms with Crippen molar-refractivity contribution in [3.8, 4) is 5.75 Å². The minimum Gasteiger partial charge on any atom is -0.480 e. The fourth-order valence-electron chi connectivity index (χ4n) is 2.91. The lowest BCUT2D eigenvalue weighted by molar-refractivity contribution is -0.122. The summed E-state index contributed by atoms with van der Waals surface area (Å²) < 4.78 is 6.21. The minimum absolute atomic E-state index is 0.0629. The molecule has 2 rings (SSSR count). The Labute approximate surface area is 164 Å². The lowest BCUT2D eigenvalue weighted by Crippen LogP contribution is -2.33. The number of para-hydroxylation sites is 1. The second-order valence-electron chi connectivity index (χ2n) is 9.08. The first-order chi connectivity index (χ1) is 12.5. The van der Waals surface area contributed by atoms with Gasteiger partial charge in [0, 0.05) is 5.69 Å². The summed E-state index contributed by atoms with van der Waals surface area (Å²) in [6.07, 6.45) is 0.0651. The maximum absolute atomic E-state index is 12.7. The van der Waals surface area contributed by atoms with E-state index in [4.69, 9.17) is 4.74 Å². The smallest absolute Gasteiger partial charge is 0.265 e.